The number of ether oxygens (including phenoxy) is 1. The van der Waals surface area contributed by atoms with Crippen LogP contribution < -0.4 is 5.32 Å². The van der Waals surface area contributed by atoms with Gasteiger partial charge in [0, 0.05) is 11.3 Å². The lowest BCUT2D eigenvalue weighted by Crippen LogP contribution is -2.13. The molecule has 0 saturated carbocycles. The Morgan fingerprint density at radius 1 is 1.08 bits per heavy atom. The topological polar surface area (TPSA) is 68.5 Å². The summed E-state index contributed by atoms with van der Waals surface area (Å²) >= 11 is 6.15. The number of benzene rings is 2. The van der Waals surface area contributed by atoms with Crippen LogP contribution in [0.25, 0.3) is 11.3 Å². The molecule has 0 aliphatic heterocycles. The van der Waals surface area contributed by atoms with E-state index < -0.39 is 11.9 Å². The van der Waals surface area contributed by atoms with Crippen molar-refractivity contribution in [2.24, 2.45) is 0 Å². The van der Waals surface area contributed by atoms with E-state index in [4.69, 9.17) is 20.8 Å². The quantitative estimate of drug-likeness (QED) is 0.661. The Morgan fingerprint density at radius 2 is 1.85 bits per heavy atom. The molecule has 5 nitrogen and oxygen atoms in total. The molecule has 0 unspecified atom stereocenters. The fourth-order valence-electron chi connectivity index (χ4n) is 2.45. The number of methoxy groups -OCH3 is 1. The van der Waals surface area contributed by atoms with Gasteiger partial charge in [0.05, 0.1) is 17.7 Å². The first-order valence-corrected chi connectivity index (χ1v) is 8.22. The second kappa shape index (κ2) is 7.45. The summed E-state index contributed by atoms with van der Waals surface area (Å²) in [5.41, 5.74) is 2.37. The van der Waals surface area contributed by atoms with Gasteiger partial charge in [0.15, 0.2) is 5.76 Å². The normalized spacial score (nSPS) is 10.4. The van der Waals surface area contributed by atoms with Gasteiger partial charge in [0.1, 0.15) is 5.76 Å². The molecule has 0 atom stereocenters. The highest BCUT2D eigenvalue weighted by molar-refractivity contribution is 6.33. The summed E-state index contributed by atoms with van der Waals surface area (Å²) in [4.78, 5) is 24.2. The van der Waals surface area contributed by atoms with Crippen LogP contribution in [0.3, 0.4) is 0 Å². The van der Waals surface area contributed by atoms with Crippen molar-refractivity contribution in [3.63, 3.8) is 0 Å². The van der Waals surface area contributed by atoms with Crippen molar-refractivity contribution in [2.75, 3.05) is 12.4 Å². The van der Waals surface area contributed by atoms with E-state index in [2.05, 4.69) is 5.32 Å². The Balaban J connectivity index is 1.83. The van der Waals surface area contributed by atoms with Gasteiger partial charge in [-0.25, -0.2) is 4.79 Å². The van der Waals surface area contributed by atoms with E-state index in [-0.39, 0.29) is 5.76 Å². The zero-order valence-electron chi connectivity index (χ0n) is 14.2. The minimum Gasteiger partial charge on any atom is -0.465 e. The van der Waals surface area contributed by atoms with Gasteiger partial charge >= 0.3 is 5.97 Å². The lowest BCUT2D eigenvalue weighted by atomic mass is 10.1. The molecule has 1 amide bonds. The zero-order chi connectivity index (χ0) is 18.7. The van der Waals surface area contributed by atoms with Crippen LogP contribution in [0.5, 0.6) is 0 Å². The van der Waals surface area contributed by atoms with E-state index in [9.17, 15) is 9.59 Å². The largest absolute Gasteiger partial charge is 0.465 e. The Hall–Kier alpha value is -3.05. The molecular formula is C20H16ClNO4. The highest BCUT2D eigenvalue weighted by Crippen LogP contribution is 2.29. The monoisotopic (exact) mass is 369 g/mol. The van der Waals surface area contributed by atoms with Crippen LogP contribution in [0.2, 0.25) is 5.02 Å². The lowest BCUT2D eigenvalue weighted by Gasteiger charge is -2.09. The molecule has 0 saturated heterocycles. The van der Waals surface area contributed by atoms with Gasteiger partial charge in [-0.1, -0.05) is 29.8 Å². The van der Waals surface area contributed by atoms with E-state index in [1.54, 1.807) is 36.4 Å². The number of hydrogen-bond acceptors (Lipinski definition) is 4. The molecular weight excluding hydrogens is 354 g/mol. The summed E-state index contributed by atoms with van der Waals surface area (Å²) in [5, 5.41) is 3.29. The fraction of sp³-hybridized carbons (Fsp3) is 0.100. The van der Waals surface area contributed by atoms with Crippen LogP contribution >= 0.6 is 11.6 Å². The summed E-state index contributed by atoms with van der Waals surface area (Å²) in [6, 6.07) is 15.4. The predicted molar refractivity (Wildman–Crippen MR) is 99.6 cm³/mol. The van der Waals surface area contributed by atoms with E-state index in [0.717, 1.165) is 5.56 Å². The molecule has 0 aliphatic rings. The highest BCUT2D eigenvalue weighted by Gasteiger charge is 2.16. The molecule has 3 rings (SSSR count). The number of rotatable bonds is 4. The molecule has 2 aromatic carbocycles. The third-order valence-corrected chi connectivity index (χ3v) is 4.21. The van der Waals surface area contributed by atoms with Crippen LogP contribution in [0.15, 0.2) is 59.0 Å². The van der Waals surface area contributed by atoms with Gasteiger partial charge in [-0.2, -0.15) is 0 Å². The van der Waals surface area contributed by atoms with Gasteiger partial charge in [-0.3, -0.25) is 4.79 Å². The Bertz CT molecular complexity index is 977. The SMILES string of the molecule is COC(=O)c1ccc(C)c(NC(=O)c2ccc(-c3ccccc3Cl)o2)c1. The van der Waals surface area contributed by atoms with Crippen molar-refractivity contribution in [3.05, 3.63) is 76.5 Å². The summed E-state index contributed by atoms with van der Waals surface area (Å²) in [6.45, 7) is 1.83. The number of furan rings is 1. The fourth-order valence-corrected chi connectivity index (χ4v) is 2.68. The van der Waals surface area contributed by atoms with Crippen molar-refractivity contribution < 1.29 is 18.7 Å². The summed E-state index contributed by atoms with van der Waals surface area (Å²) in [5.74, 6) is -0.253. The molecule has 6 heteroatoms. The molecule has 0 bridgehead atoms. The standard InChI is InChI=1S/C20H16ClNO4/c1-12-7-8-13(20(24)25-2)11-16(12)22-19(23)18-10-9-17(26-18)14-5-3-4-6-15(14)21/h3-11H,1-2H3,(H,22,23). The van der Waals surface area contributed by atoms with Crippen LogP contribution in [0.4, 0.5) is 5.69 Å². The number of hydrogen-bond donors (Lipinski definition) is 1. The molecule has 132 valence electrons. The second-order valence-corrected chi connectivity index (χ2v) is 6.03. The lowest BCUT2D eigenvalue weighted by molar-refractivity contribution is 0.0600. The van der Waals surface area contributed by atoms with Crippen molar-refractivity contribution in [2.45, 2.75) is 6.92 Å². The zero-order valence-corrected chi connectivity index (χ0v) is 15.0. The molecule has 1 aromatic heterocycles. The molecule has 0 fully saturated rings. The number of amides is 1. The smallest absolute Gasteiger partial charge is 0.337 e. The maximum absolute atomic E-state index is 12.5. The number of esters is 1. The minimum atomic E-state index is -0.473. The van der Waals surface area contributed by atoms with Gasteiger partial charge in [-0.15, -0.1) is 0 Å². The Labute approximate surface area is 155 Å². The number of carbonyl (C=O) groups is 2. The van der Waals surface area contributed by atoms with E-state index >= 15 is 0 Å². The first kappa shape index (κ1) is 17.8. The average molecular weight is 370 g/mol. The number of halogens is 1. The summed E-state index contributed by atoms with van der Waals surface area (Å²) in [6.07, 6.45) is 0. The van der Waals surface area contributed by atoms with Gasteiger partial charge in [0.25, 0.3) is 5.91 Å². The predicted octanol–water partition coefficient (Wildman–Crippen LogP) is 4.95. The summed E-state index contributed by atoms with van der Waals surface area (Å²) in [7, 11) is 1.31. The van der Waals surface area contributed by atoms with Crippen LogP contribution in [-0.4, -0.2) is 19.0 Å². The number of nitrogens with one attached hydrogen (secondary N) is 1. The third kappa shape index (κ3) is 3.63. The third-order valence-electron chi connectivity index (χ3n) is 3.88. The van der Waals surface area contributed by atoms with E-state index in [1.165, 1.54) is 7.11 Å². The molecule has 26 heavy (non-hydrogen) atoms. The van der Waals surface area contributed by atoms with E-state index in [0.29, 0.717) is 27.6 Å². The molecule has 1 heterocycles. The maximum atomic E-state index is 12.5. The molecule has 0 aliphatic carbocycles. The molecule has 3 aromatic rings. The first-order chi connectivity index (χ1) is 12.5. The van der Waals surface area contributed by atoms with Crippen LogP contribution in [0, 0.1) is 6.92 Å². The van der Waals surface area contributed by atoms with Crippen molar-refractivity contribution in [1.82, 2.24) is 0 Å². The van der Waals surface area contributed by atoms with Gasteiger partial charge in [-0.05, 0) is 48.9 Å². The first-order valence-electron chi connectivity index (χ1n) is 7.84. The Morgan fingerprint density at radius 3 is 2.58 bits per heavy atom. The van der Waals surface area contributed by atoms with Crippen molar-refractivity contribution in [3.8, 4) is 11.3 Å². The minimum absolute atomic E-state index is 0.141. The Kier molecular flexibility index (Phi) is 5.09. The van der Waals surface area contributed by atoms with Crippen molar-refractivity contribution >= 4 is 29.2 Å². The summed E-state index contributed by atoms with van der Waals surface area (Å²) < 4.78 is 10.3. The van der Waals surface area contributed by atoms with Crippen LogP contribution in [-0.2, 0) is 4.74 Å². The maximum Gasteiger partial charge on any atom is 0.337 e. The molecule has 0 radical (unpaired) electrons. The average Bonchev–Trinajstić information content (AvgIpc) is 3.13. The van der Waals surface area contributed by atoms with E-state index in [1.807, 2.05) is 25.1 Å². The number of aryl methyl sites for hydroxylation is 1. The van der Waals surface area contributed by atoms with Crippen molar-refractivity contribution in [1.29, 1.82) is 0 Å². The number of anilines is 1. The number of carbonyl (C=O) groups excluding carboxylic acids is 2. The van der Waals surface area contributed by atoms with Gasteiger partial charge in [0.2, 0.25) is 0 Å². The van der Waals surface area contributed by atoms with Crippen LogP contribution in [0.1, 0.15) is 26.5 Å². The molecule has 1 N–H and O–H groups in total. The highest BCUT2D eigenvalue weighted by atomic mass is 35.5. The second-order valence-electron chi connectivity index (χ2n) is 5.62. The molecule has 0 spiro atoms. The van der Waals surface area contributed by atoms with Gasteiger partial charge < -0.3 is 14.5 Å².